The zero-order chi connectivity index (χ0) is 11.3. The van der Waals surface area contributed by atoms with Crippen molar-refractivity contribution >= 4 is 11.8 Å². The number of nitriles is 2. The van der Waals surface area contributed by atoms with E-state index in [0.717, 1.165) is 0 Å². The molecule has 0 aliphatic rings. The van der Waals surface area contributed by atoms with Gasteiger partial charge in [-0.2, -0.15) is 22.3 Å². The van der Waals surface area contributed by atoms with E-state index in [-0.39, 0.29) is 17.5 Å². The maximum atomic E-state index is 13.4. The Kier molecular flexibility index (Phi) is 4.15. The molecule has 0 fully saturated rings. The summed E-state index contributed by atoms with van der Waals surface area (Å²) in [7, 11) is 0. The zero-order valence-corrected chi connectivity index (χ0v) is 9.01. The van der Waals surface area contributed by atoms with E-state index < -0.39 is 0 Å². The van der Waals surface area contributed by atoms with Crippen LogP contribution in [0.15, 0.2) is 18.2 Å². The van der Waals surface area contributed by atoms with E-state index in [2.05, 4.69) is 0 Å². The van der Waals surface area contributed by atoms with Crippen molar-refractivity contribution < 1.29 is 4.39 Å². The van der Waals surface area contributed by atoms with E-state index in [1.807, 2.05) is 18.4 Å². The highest BCUT2D eigenvalue weighted by Gasteiger charge is 2.14. The SMILES string of the molecule is CSC(CC#N)c1cc(C#N)ccc1F. The number of nitrogens with zero attached hydrogens (tertiary/aromatic N) is 2. The van der Waals surface area contributed by atoms with Crippen LogP contribution < -0.4 is 0 Å². The molecule has 0 radical (unpaired) electrons. The first kappa shape index (κ1) is 11.6. The van der Waals surface area contributed by atoms with Crippen molar-refractivity contribution in [2.75, 3.05) is 6.26 Å². The quantitative estimate of drug-likeness (QED) is 0.786. The maximum Gasteiger partial charge on any atom is 0.127 e. The van der Waals surface area contributed by atoms with Crippen LogP contribution in [0.4, 0.5) is 4.39 Å². The van der Waals surface area contributed by atoms with E-state index in [1.165, 1.54) is 30.0 Å². The highest BCUT2D eigenvalue weighted by Crippen LogP contribution is 2.31. The third-order valence-corrected chi connectivity index (χ3v) is 3.02. The average molecular weight is 220 g/mol. The second kappa shape index (κ2) is 5.38. The summed E-state index contributed by atoms with van der Waals surface area (Å²) in [5, 5.41) is 17.1. The van der Waals surface area contributed by atoms with E-state index >= 15 is 0 Å². The fourth-order valence-corrected chi connectivity index (χ4v) is 1.94. The molecule has 1 unspecified atom stereocenters. The number of hydrogen-bond donors (Lipinski definition) is 0. The Hall–Kier alpha value is -1.52. The molecule has 0 spiro atoms. The van der Waals surface area contributed by atoms with Crippen LogP contribution in [0.5, 0.6) is 0 Å². The molecule has 0 amide bonds. The molecule has 1 aromatic carbocycles. The Morgan fingerprint density at radius 3 is 2.73 bits per heavy atom. The van der Waals surface area contributed by atoms with Crippen LogP contribution in [0.1, 0.15) is 22.8 Å². The van der Waals surface area contributed by atoms with Gasteiger partial charge >= 0.3 is 0 Å². The number of rotatable bonds is 3. The molecule has 1 atom stereocenters. The summed E-state index contributed by atoms with van der Waals surface area (Å²) in [5.74, 6) is -0.358. The molecule has 0 saturated heterocycles. The molecule has 1 aromatic rings. The van der Waals surface area contributed by atoms with Crippen molar-refractivity contribution in [3.05, 3.63) is 35.1 Å². The third kappa shape index (κ3) is 2.71. The Bertz CT molecular complexity index is 431. The normalized spacial score (nSPS) is 11.5. The van der Waals surface area contributed by atoms with Gasteiger partial charge in [0.2, 0.25) is 0 Å². The van der Waals surface area contributed by atoms with E-state index in [9.17, 15) is 4.39 Å². The molecule has 0 aliphatic heterocycles. The predicted octanol–water partition coefficient (Wildman–Crippen LogP) is 3.02. The van der Waals surface area contributed by atoms with Gasteiger partial charge in [0.1, 0.15) is 5.82 Å². The Labute approximate surface area is 92.3 Å². The summed E-state index contributed by atoms with van der Waals surface area (Å²) in [4.78, 5) is 0. The molecule has 2 nitrogen and oxygen atoms in total. The maximum absolute atomic E-state index is 13.4. The highest BCUT2D eigenvalue weighted by atomic mass is 32.2. The molecule has 1 rings (SSSR count). The summed E-state index contributed by atoms with van der Waals surface area (Å²) < 4.78 is 13.4. The standard InChI is InChI=1S/C11H9FN2S/c1-15-11(4-5-13)9-6-8(7-14)2-3-10(9)12/h2-3,6,11H,4H2,1H3. The number of halogens is 1. The first-order valence-corrected chi connectivity index (χ1v) is 5.61. The van der Waals surface area contributed by atoms with Gasteiger partial charge in [0.15, 0.2) is 0 Å². The van der Waals surface area contributed by atoms with Crippen LogP contribution in [-0.2, 0) is 0 Å². The summed E-state index contributed by atoms with van der Waals surface area (Å²) in [5.41, 5.74) is 0.853. The monoisotopic (exact) mass is 220 g/mol. The van der Waals surface area contributed by atoms with Crippen molar-refractivity contribution in [1.29, 1.82) is 10.5 Å². The molecule has 0 aromatic heterocycles. The van der Waals surface area contributed by atoms with Crippen LogP contribution in [-0.4, -0.2) is 6.26 Å². The molecule has 76 valence electrons. The van der Waals surface area contributed by atoms with Gasteiger partial charge in [-0.1, -0.05) is 0 Å². The van der Waals surface area contributed by atoms with E-state index in [4.69, 9.17) is 10.5 Å². The molecular formula is C11H9FN2S. The molecule has 4 heteroatoms. The summed E-state index contributed by atoms with van der Waals surface area (Å²) in [6.45, 7) is 0. The van der Waals surface area contributed by atoms with Crippen molar-refractivity contribution in [3.8, 4) is 12.1 Å². The molecule has 0 bridgehead atoms. The minimum Gasteiger partial charge on any atom is -0.207 e. The molecule has 0 saturated carbocycles. The van der Waals surface area contributed by atoms with Gasteiger partial charge < -0.3 is 0 Å². The van der Waals surface area contributed by atoms with Gasteiger partial charge in [0.05, 0.1) is 24.1 Å². The lowest BCUT2D eigenvalue weighted by atomic mass is 10.1. The van der Waals surface area contributed by atoms with Crippen LogP contribution in [0.25, 0.3) is 0 Å². The van der Waals surface area contributed by atoms with Crippen molar-refractivity contribution in [2.24, 2.45) is 0 Å². The minimum absolute atomic E-state index is 0.205. The first-order valence-electron chi connectivity index (χ1n) is 4.32. The van der Waals surface area contributed by atoms with Crippen molar-refractivity contribution in [1.82, 2.24) is 0 Å². The largest absolute Gasteiger partial charge is 0.207 e. The van der Waals surface area contributed by atoms with Crippen LogP contribution in [0, 0.1) is 28.5 Å². The van der Waals surface area contributed by atoms with Crippen LogP contribution in [0.3, 0.4) is 0 Å². The molecule has 15 heavy (non-hydrogen) atoms. The van der Waals surface area contributed by atoms with Crippen LogP contribution in [0.2, 0.25) is 0 Å². The number of thioether (sulfide) groups is 1. The van der Waals surface area contributed by atoms with Gasteiger partial charge in [-0.15, -0.1) is 0 Å². The summed E-state index contributed by atoms with van der Waals surface area (Å²) in [6.07, 6.45) is 2.06. The van der Waals surface area contributed by atoms with E-state index in [0.29, 0.717) is 11.1 Å². The summed E-state index contributed by atoms with van der Waals surface area (Å²) >= 11 is 1.41. The van der Waals surface area contributed by atoms with Crippen LogP contribution >= 0.6 is 11.8 Å². The fraction of sp³-hybridized carbons (Fsp3) is 0.273. The lowest BCUT2D eigenvalue weighted by molar-refractivity contribution is 0.608. The van der Waals surface area contributed by atoms with Gasteiger partial charge in [-0.3, -0.25) is 0 Å². The lowest BCUT2D eigenvalue weighted by Gasteiger charge is -2.11. The molecular weight excluding hydrogens is 211 g/mol. The Balaban J connectivity index is 3.11. The number of hydrogen-bond acceptors (Lipinski definition) is 3. The highest BCUT2D eigenvalue weighted by molar-refractivity contribution is 7.98. The zero-order valence-electron chi connectivity index (χ0n) is 8.20. The Morgan fingerprint density at radius 1 is 1.47 bits per heavy atom. The van der Waals surface area contributed by atoms with Crippen molar-refractivity contribution in [2.45, 2.75) is 11.7 Å². The van der Waals surface area contributed by atoms with Gasteiger partial charge in [-0.05, 0) is 24.5 Å². The second-order valence-electron chi connectivity index (χ2n) is 2.93. The summed E-state index contributed by atoms with van der Waals surface area (Å²) in [6, 6.07) is 8.18. The van der Waals surface area contributed by atoms with Crippen molar-refractivity contribution in [3.63, 3.8) is 0 Å². The molecule has 0 heterocycles. The van der Waals surface area contributed by atoms with Gasteiger partial charge in [0.25, 0.3) is 0 Å². The second-order valence-corrected chi connectivity index (χ2v) is 3.98. The lowest BCUT2D eigenvalue weighted by Crippen LogP contribution is -1.97. The Morgan fingerprint density at radius 2 is 2.20 bits per heavy atom. The molecule has 0 N–H and O–H groups in total. The van der Waals surface area contributed by atoms with Gasteiger partial charge in [0, 0.05) is 10.8 Å². The predicted molar refractivity (Wildman–Crippen MR) is 57.6 cm³/mol. The minimum atomic E-state index is -0.358. The molecule has 0 aliphatic carbocycles. The van der Waals surface area contributed by atoms with Gasteiger partial charge in [-0.25, -0.2) is 4.39 Å². The third-order valence-electron chi connectivity index (χ3n) is 2.03. The average Bonchev–Trinajstić information content (AvgIpc) is 2.27. The number of benzene rings is 1. The topological polar surface area (TPSA) is 47.6 Å². The fourth-order valence-electron chi connectivity index (χ4n) is 1.26. The van der Waals surface area contributed by atoms with E-state index in [1.54, 1.807) is 0 Å². The first-order chi connectivity index (χ1) is 7.22. The smallest absolute Gasteiger partial charge is 0.127 e.